The van der Waals surface area contributed by atoms with Crippen LogP contribution in [0.3, 0.4) is 0 Å². The van der Waals surface area contributed by atoms with Gasteiger partial charge in [0.15, 0.2) is 11.4 Å². The number of ketones is 1. The van der Waals surface area contributed by atoms with Gasteiger partial charge in [0.1, 0.15) is 5.75 Å². The summed E-state index contributed by atoms with van der Waals surface area (Å²) in [7, 11) is 0. The zero-order valence-electron chi connectivity index (χ0n) is 22.7. The number of ether oxygens (including phenoxy) is 1. The van der Waals surface area contributed by atoms with Crippen LogP contribution in [0.1, 0.15) is 45.7 Å². The van der Waals surface area contributed by atoms with Crippen molar-refractivity contribution in [1.29, 1.82) is 0 Å². The van der Waals surface area contributed by atoms with Gasteiger partial charge >= 0.3 is 0 Å². The number of carbonyl (C=O) groups excluding carboxylic acids is 3. The molecule has 0 saturated carbocycles. The maximum Gasteiger partial charge on any atom is 0.271 e. The maximum absolute atomic E-state index is 13.9. The lowest BCUT2D eigenvalue weighted by atomic mass is 10.0. The normalized spacial score (nSPS) is 13.8. The molecule has 0 fully saturated rings. The van der Waals surface area contributed by atoms with Crippen molar-refractivity contribution < 1.29 is 19.1 Å². The molecule has 0 bridgehead atoms. The summed E-state index contributed by atoms with van der Waals surface area (Å²) in [4.78, 5) is 43.8. The number of fused-ring (bicyclic) bond motifs is 1. The lowest BCUT2D eigenvalue weighted by molar-refractivity contribution is -0.132. The van der Waals surface area contributed by atoms with Crippen LogP contribution in [-0.2, 0) is 17.8 Å². The summed E-state index contributed by atoms with van der Waals surface area (Å²) < 4.78 is 6.02. The summed E-state index contributed by atoms with van der Waals surface area (Å²) >= 11 is 0. The number of anilines is 1. The van der Waals surface area contributed by atoms with E-state index >= 15 is 0 Å². The molecule has 0 aliphatic carbocycles. The number of amides is 2. The summed E-state index contributed by atoms with van der Waals surface area (Å²) in [6.07, 6.45) is 0.706. The van der Waals surface area contributed by atoms with Gasteiger partial charge in [-0.2, -0.15) is 0 Å². The van der Waals surface area contributed by atoms with Gasteiger partial charge in [0.2, 0.25) is 0 Å². The first-order chi connectivity index (χ1) is 19.3. The van der Waals surface area contributed by atoms with Gasteiger partial charge in [-0.3, -0.25) is 19.3 Å². The van der Waals surface area contributed by atoms with Crippen molar-refractivity contribution in [2.75, 3.05) is 18.0 Å². The highest BCUT2D eigenvalue weighted by molar-refractivity contribution is 6.10. The lowest BCUT2D eigenvalue weighted by Crippen LogP contribution is -2.54. The molecule has 6 nitrogen and oxygen atoms in total. The standard InChI is InChI=1S/C34H32N2O4/c1-34(2)33(39)36(24-30(37)27-16-10-5-11-17-27)29-22-28(18-19-31(29)40-34)32(38)35(23-26-14-8-4-9-15-26)21-20-25-12-6-3-7-13-25/h3-19,22H,20-21,23-24H2,1-2H3. The Hall–Kier alpha value is -4.71. The second-order valence-corrected chi connectivity index (χ2v) is 10.4. The summed E-state index contributed by atoms with van der Waals surface area (Å²) in [5.41, 5.74) is 2.38. The minimum Gasteiger partial charge on any atom is -0.476 e. The quantitative estimate of drug-likeness (QED) is 0.250. The van der Waals surface area contributed by atoms with Crippen LogP contribution in [0, 0.1) is 0 Å². The second kappa shape index (κ2) is 11.6. The molecule has 40 heavy (non-hydrogen) atoms. The van der Waals surface area contributed by atoms with E-state index in [9.17, 15) is 14.4 Å². The van der Waals surface area contributed by atoms with Crippen molar-refractivity contribution in [3.05, 3.63) is 131 Å². The van der Waals surface area contributed by atoms with E-state index in [1.165, 1.54) is 4.90 Å². The first-order valence-corrected chi connectivity index (χ1v) is 13.4. The van der Waals surface area contributed by atoms with Gasteiger partial charge in [-0.25, -0.2) is 0 Å². The van der Waals surface area contributed by atoms with Crippen molar-refractivity contribution in [3.63, 3.8) is 0 Å². The van der Waals surface area contributed by atoms with Gasteiger partial charge in [0.05, 0.1) is 12.2 Å². The monoisotopic (exact) mass is 532 g/mol. The maximum atomic E-state index is 13.9. The van der Waals surface area contributed by atoms with Gasteiger partial charge in [-0.15, -0.1) is 0 Å². The first kappa shape index (κ1) is 26.9. The third-order valence-corrected chi connectivity index (χ3v) is 7.04. The zero-order valence-corrected chi connectivity index (χ0v) is 22.7. The van der Waals surface area contributed by atoms with E-state index in [4.69, 9.17) is 4.74 Å². The first-order valence-electron chi connectivity index (χ1n) is 13.4. The third-order valence-electron chi connectivity index (χ3n) is 7.04. The van der Waals surface area contributed by atoms with Crippen LogP contribution in [0.4, 0.5) is 5.69 Å². The van der Waals surface area contributed by atoms with E-state index in [1.54, 1.807) is 56.3 Å². The van der Waals surface area contributed by atoms with Crippen molar-refractivity contribution >= 4 is 23.3 Å². The minimum absolute atomic E-state index is 0.151. The van der Waals surface area contributed by atoms with E-state index in [-0.39, 0.29) is 24.1 Å². The van der Waals surface area contributed by atoms with Crippen LogP contribution >= 0.6 is 0 Å². The molecule has 0 saturated heterocycles. The molecule has 0 aromatic heterocycles. The Labute approximate surface area is 234 Å². The molecule has 0 radical (unpaired) electrons. The zero-order chi connectivity index (χ0) is 28.1. The average Bonchev–Trinajstić information content (AvgIpc) is 2.98. The molecule has 0 atom stereocenters. The molecule has 6 heteroatoms. The Bertz CT molecular complexity index is 1500. The molecule has 1 aliphatic heterocycles. The Kier molecular flexibility index (Phi) is 7.78. The predicted molar refractivity (Wildman–Crippen MR) is 156 cm³/mol. The fraction of sp³-hybridized carbons (Fsp3) is 0.206. The van der Waals surface area contributed by atoms with E-state index in [0.29, 0.717) is 42.1 Å². The topological polar surface area (TPSA) is 66.9 Å². The number of Topliss-reactive ketones (excluding diaryl/α,β-unsaturated/α-hetero) is 1. The predicted octanol–water partition coefficient (Wildman–Crippen LogP) is 5.96. The van der Waals surface area contributed by atoms with Crippen LogP contribution < -0.4 is 9.64 Å². The van der Waals surface area contributed by atoms with E-state index in [0.717, 1.165) is 11.1 Å². The fourth-order valence-corrected chi connectivity index (χ4v) is 4.86. The van der Waals surface area contributed by atoms with Gasteiger partial charge in [-0.05, 0) is 49.6 Å². The Morgan fingerprint density at radius 1 is 0.775 bits per heavy atom. The minimum atomic E-state index is -1.15. The van der Waals surface area contributed by atoms with Crippen molar-refractivity contribution in [3.8, 4) is 5.75 Å². The molecule has 202 valence electrons. The molecule has 0 N–H and O–H groups in total. The van der Waals surface area contributed by atoms with Crippen LogP contribution in [-0.4, -0.2) is 41.2 Å². The summed E-state index contributed by atoms with van der Waals surface area (Å²) in [5, 5.41) is 0. The second-order valence-electron chi connectivity index (χ2n) is 10.4. The van der Waals surface area contributed by atoms with E-state index < -0.39 is 5.60 Å². The van der Waals surface area contributed by atoms with Crippen molar-refractivity contribution in [2.24, 2.45) is 0 Å². The Balaban J connectivity index is 1.45. The molecular formula is C34H32N2O4. The Morgan fingerprint density at radius 3 is 2.02 bits per heavy atom. The smallest absolute Gasteiger partial charge is 0.271 e. The highest BCUT2D eigenvalue weighted by atomic mass is 16.5. The molecule has 5 rings (SSSR count). The molecule has 1 heterocycles. The van der Waals surface area contributed by atoms with Crippen molar-refractivity contribution in [2.45, 2.75) is 32.4 Å². The number of benzene rings is 4. The number of hydrogen-bond acceptors (Lipinski definition) is 4. The fourth-order valence-electron chi connectivity index (χ4n) is 4.86. The molecule has 1 aliphatic rings. The van der Waals surface area contributed by atoms with E-state index in [1.807, 2.05) is 59.5 Å². The van der Waals surface area contributed by atoms with Crippen LogP contribution in [0.5, 0.6) is 5.75 Å². The summed E-state index contributed by atoms with van der Waals surface area (Å²) in [6.45, 7) is 4.18. The average molecular weight is 533 g/mol. The van der Waals surface area contributed by atoms with Crippen molar-refractivity contribution in [1.82, 2.24) is 4.90 Å². The number of carbonyl (C=O) groups is 3. The number of rotatable bonds is 9. The van der Waals surface area contributed by atoms with Crippen LogP contribution in [0.2, 0.25) is 0 Å². The highest BCUT2D eigenvalue weighted by Gasteiger charge is 2.42. The summed E-state index contributed by atoms with van der Waals surface area (Å²) in [6, 6.07) is 33.9. The van der Waals surface area contributed by atoms with Gasteiger partial charge in [0.25, 0.3) is 11.8 Å². The van der Waals surface area contributed by atoms with Gasteiger partial charge in [-0.1, -0.05) is 91.0 Å². The lowest BCUT2D eigenvalue weighted by Gasteiger charge is -2.38. The van der Waals surface area contributed by atoms with E-state index in [2.05, 4.69) is 12.1 Å². The molecular weight excluding hydrogens is 500 g/mol. The molecule has 0 spiro atoms. The van der Waals surface area contributed by atoms with Crippen LogP contribution in [0.15, 0.2) is 109 Å². The SMILES string of the molecule is CC1(C)Oc2ccc(C(=O)N(CCc3ccccc3)Cc3ccccc3)cc2N(CC(=O)c2ccccc2)C1=O. The van der Waals surface area contributed by atoms with Gasteiger partial charge < -0.3 is 9.64 Å². The Morgan fingerprint density at radius 2 is 1.38 bits per heavy atom. The van der Waals surface area contributed by atoms with Gasteiger partial charge in [0, 0.05) is 24.2 Å². The largest absolute Gasteiger partial charge is 0.476 e. The molecule has 0 unspecified atom stereocenters. The number of nitrogens with zero attached hydrogens (tertiary/aromatic N) is 2. The number of hydrogen-bond donors (Lipinski definition) is 0. The third kappa shape index (κ3) is 5.96. The molecule has 4 aromatic rings. The molecule has 4 aromatic carbocycles. The highest BCUT2D eigenvalue weighted by Crippen LogP contribution is 2.39. The van der Waals surface area contributed by atoms with Crippen LogP contribution in [0.25, 0.3) is 0 Å². The molecule has 2 amide bonds. The summed E-state index contributed by atoms with van der Waals surface area (Å²) in [5.74, 6) is -0.225.